The molecule has 0 aliphatic carbocycles. The summed E-state index contributed by atoms with van der Waals surface area (Å²) in [4.78, 5) is 11.7. The third-order valence-electron chi connectivity index (χ3n) is 3.60. The second-order valence-electron chi connectivity index (χ2n) is 5.68. The fourth-order valence-corrected chi connectivity index (χ4v) is 2.35. The molecule has 0 spiro atoms. The van der Waals surface area contributed by atoms with Crippen molar-refractivity contribution in [3.8, 4) is 5.75 Å². The van der Waals surface area contributed by atoms with Crippen LogP contribution in [0.2, 0.25) is 5.02 Å². The molecule has 0 fully saturated rings. The topological polar surface area (TPSA) is 50.4 Å². The van der Waals surface area contributed by atoms with Crippen LogP contribution in [0.4, 0.5) is 4.79 Å². The Bertz CT molecular complexity index is 672. The van der Waals surface area contributed by atoms with E-state index in [0.717, 1.165) is 28.9 Å². The third-order valence-corrected chi connectivity index (χ3v) is 3.85. The number of carbonyl (C=O) groups is 1. The smallest absolute Gasteiger partial charge is 0.314 e. The number of nitrogens with one attached hydrogen (secondary N) is 2. The number of ether oxygens (including phenoxy) is 1. The van der Waals surface area contributed by atoms with Gasteiger partial charge in [-0.05, 0) is 55.2 Å². The van der Waals surface area contributed by atoms with Gasteiger partial charge in [0, 0.05) is 11.6 Å². The first kappa shape index (κ1) is 18.1. The maximum absolute atomic E-state index is 11.7. The average molecular weight is 347 g/mol. The molecule has 0 atom stereocenters. The number of hydrogen-bond acceptors (Lipinski definition) is 2. The molecule has 128 valence electrons. The van der Waals surface area contributed by atoms with Crippen LogP contribution in [0.3, 0.4) is 0 Å². The van der Waals surface area contributed by atoms with Crippen LogP contribution in [0.25, 0.3) is 0 Å². The highest BCUT2D eigenvalue weighted by Gasteiger charge is 2.02. The van der Waals surface area contributed by atoms with E-state index in [1.165, 1.54) is 0 Å². The van der Waals surface area contributed by atoms with E-state index in [1.54, 1.807) is 0 Å². The minimum Gasteiger partial charge on any atom is -0.491 e. The summed E-state index contributed by atoms with van der Waals surface area (Å²) in [7, 11) is 0. The fraction of sp³-hybridized carbons (Fsp3) is 0.316. The molecule has 0 bridgehead atoms. The summed E-state index contributed by atoms with van der Waals surface area (Å²) in [5.41, 5.74) is 3.38. The van der Waals surface area contributed by atoms with E-state index in [2.05, 4.69) is 16.7 Å². The van der Waals surface area contributed by atoms with Crippen molar-refractivity contribution in [1.29, 1.82) is 0 Å². The fourth-order valence-electron chi connectivity index (χ4n) is 2.22. The molecule has 2 rings (SSSR count). The summed E-state index contributed by atoms with van der Waals surface area (Å²) in [5, 5.41) is 6.33. The number of aryl methyl sites for hydroxylation is 2. The van der Waals surface area contributed by atoms with Crippen molar-refractivity contribution >= 4 is 17.6 Å². The molecule has 0 unspecified atom stereocenters. The molecule has 2 amide bonds. The lowest BCUT2D eigenvalue weighted by molar-refractivity contribution is 0.236. The lowest BCUT2D eigenvalue weighted by atomic mass is 10.1. The summed E-state index contributed by atoms with van der Waals surface area (Å²) in [6, 6.07) is 13.5. The van der Waals surface area contributed by atoms with Crippen molar-refractivity contribution in [3.63, 3.8) is 0 Å². The highest BCUT2D eigenvalue weighted by Crippen LogP contribution is 2.18. The van der Waals surface area contributed by atoms with E-state index in [1.807, 2.05) is 50.2 Å². The van der Waals surface area contributed by atoms with Gasteiger partial charge in [0.15, 0.2) is 0 Å². The lowest BCUT2D eigenvalue weighted by Crippen LogP contribution is -2.38. The van der Waals surface area contributed by atoms with Crippen LogP contribution in [-0.2, 0) is 6.42 Å². The van der Waals surface area contributed by atoms with Crippen LogP contribution in [0.15, 0.2) is 42.5 Å². The molecule has 4 nitrogen and oxygen atoms in total. The first-order valence-electron chi connectivity index (χ1n) is 8.01. The Morgan fingerprint density at radius 1 is 1.04 bits per heavy atom. The number of benzene rings is 2. The van der Waals surface area contributed by atoms with E-state index < -0.39 is 0 Å². The van der Waals surface area contributed by atoms with Gasteiger partial charge in [-0.15, -0.1) is 0 Å². The van der Waals surface area contributed by atoms with Gasteiger partial charge in [-0.25, -0.2) is 4.79 Å². The molecule has 0 heterocycles. The average Bonchev–Trinajstić information content (AvgIpc) is 2.56. The zero-order valence-electron chi connectivity index (χ0n) is 14.1. The maximum atomic E-state index is 11.7. The van der Waals surface area contributed by atoms with Crippen LogP contribution in [0.1, 0.15) is 16.7 Å². The van der Waals surface area contributed by atoms with E-state index in [4.69, 9.17) is 16.3 Å². The minimum absolute atomic E-state index is 0.187. The van der Waals surface area contributed by atoms with Crippen molar-refractivity contribution in [2.75, 3.05) is 19.7 Å². The molecule has 0 saturated carbocycles. The molecule has 2 N–H and O–H groups in total. The van der Waals surface area contributed by atoms with Gasteiger partial charge >= 0.3 is 6.03 Å². The second kappa shape index (κ2) is 9.18. The van der Waals surface area contributed by atoms with Crippen molar-refractivity contribution < 1.29 is 9.53 Å². The first-order chi connectivity index (χ1) is 11.5. The number of urea groups is 1. The number of hydrogen-bond donors (Lipinski definition) is 2. The predicted octanol–water partition coefficient (Wildman–Crippen LogP) is 3.88. The van der Waals surface area contributed by atoms with Gasteiger partial charge in [0.1, 0.15) is 12.4 Å². The van der Waals surface area contributed by atoms with E-state index in [9.17, 15) is 4.79 Å². The van der Waals surface area contributed by atoms with E-state index in [-0.39, 0.29) is 6.03 Å². The van der Waals surface area contributed by atoms with Gasteiger partial charge in [-0.3, -0.25) is 0 Å². The molecule has 2 aromatic carbocycles. The van der Waals surface area contributed by atoms with Crippen LogP contribution in [0, 0.1) is 13.8 Å². The summed E-state index contributed by atoms with van der Waals surface area (Å²) < 4.78 is 5.70. The Labute approximate surface area is 148 Å². The lowest BCUT2D eigenvalue weighted by Gasteiger charge is -2.11. The molecule has 5 heteroatoms. The molecule has 0 aromatic heterocycles. The van der Waals surface area contributed by atoms with Crippen LogP contribution >= 0.6 is 11.6 Å². The molecule has 0 aliphatic rings. The predicted molar refractivity (Wildman–Crippen MR) is 98.0 cm³/mol. The minimum atomic E-state index is -0.187. The van der Waals surface area contributed by atoms with E-state index >= 15 is 0 Å². The largest absolute Gasteiger partial charge is 0.491 e. The van der Waals surface area contributed by atoms with Crippen molar-refractivity contribution in [2.45, 2.75) is 20.3 Å². The monoisotopic (exact) mass is 346 g/mol. The molecule has 2 aromatic rings. The Kier molecular flexibility index (Phi) is 6.94. The summed E-state index contributed by atoms with van der Waals surface area (Å²) in [5.74, 6) is 0.861. The number of rotatable bonds is 7. The first-order valence-corrected chi connectivity index (χ1v) is 8.38. The van der Waals surface area contributed by atoms with Crippen LogP contribution in [0.5, 0.6) is 5.75 Å². The molecule has 0 radical (unpaired) electrons. The SMILES string of the molecule is Cc1ccc(C)c(OCCNC(=O)NCCc2ccc(Cl)cc2)c1. The molecule has 0 aliphatic heterocycles. The zero-order valence-corrected chi connectivity index (χ0v) is 14.8. The van der Waals surface area contributed by atoms with Gasteiger partial charge in [-0.2, -0.15) is 0 Å². The quantitative estimate of drug-likeness (QED) is 0.747. The molecule has 0 saturated heterocycles. The van der Waals surface area contributed by atoms with Crippen LogP contribution < -0.4 is 15.4 Å². The van der Waals surface area contributed by atoms with Crippen molar-refractivity contribution in [3.05, 3.63) is 64.2 Å². The van der Waals surface area contributed by atoms with Gasteiger partial charge in [0.05, 0.1) is 6.54 Å². The number of amides is 2. The standard InChI is InChI=1S/C19H23ClN2O2/c1-14-3-4-15(2)18(13-14)24-12-11-22-19(23)21-10-9-16-5-7-17(20)8-6-16/h3-8,13H,9-12H2,1-2H3,(H2,21,22,23). The Hall–Kier alpha value is -2.20. The Morgan fingerprint density at radius 3 is 2.50 bits per heavy atom. The van der Waals surface area contributed by atoms with Crippen molar-refractivity contribution in [2.24, 2.45) is 0 Å². The van der Waals surface area contributed by atoms with Crippen molar-refractivity contribution in [1.82, 2.24) is 10.6 Å². The molecule has 24 heavy (non-hydrogen) atoms. The third kappa shape index (κ3) is 6.13. The highest BCUT2D eigenvalue weighted by atomic mass is 35.5. The normalized spacial score (nSPS) is 10.3. The highest BCUT2D eigenvalue weighted by molar-refractivity contribution is 6.30. The van der Waals surface area contributed by atoms with Gasteiger partial charge in [0.25, 0.3) is 0 Å². The van der Waals surface area contributed by atoms with E-state index in [0.29, 0.717) is 24.7 Å². The summed E-state index contributed by atoms with van der Waals surface area (Å²) in [6.07, 6.45) is 0.767. The Balaban J connectivity index is 1.61. The second-order valence-corrected chi connectivity index (χ2v) is 6.11. The summed E-state index contributed by atoms with van der Waals surface area (Å²) in [6.45, 7) is 5.50. The maximum Gasteiger partial charge on any atom is 0.314 e. The van der Waals surface area contributed by atoms with Gasteiger partial charge < -0.3 is 15.4 Å². The van der Waals surface area contributed by atoms with Gasteiger partial charge in [-0.1, -0.05) is 35.9 Å². The Morgan fingerprint density at radius 2 is 1.75 bits per heavy atom. The number of carbonyl (C=O) groups excluding carboxylic acids is 1. The summed E-state index contributed by atoms with van der Waals surface area (Å²) >= 11 is 5.84. The number of halogens is 1. The van der Waals surface area contributed by atoms with Gasteiger partial charge in [0.2, 0.25) is 0 Å². The molecular weight excluding hydrogens is 324 g/mol. The molecular formula is C19H23ClN2O2. The zero-order chi connectivity index (χ0) is 17.4. The van der Waals surface area contributed by atoms with Crippen LogP contribution in [-0.4, -0.2) is 25.7 Å².